The Kier molecular flexibility index (Phi) is 4.44. The van der Waals surface area contributed by atoms with Gasteiger partial charge in [0.05, 0.1) is 11.1 Å². The van der Waals surface area contributed by atoms with Gasteiger partial charge in [0.25, 0.3) is 5.56 Å². The average Bonchev–Trinajstić information content (AvgIpc) is 2.91. The van der Waals surface area contributed by atoms with Crippen LogP contribution in [0.4, 0.5) is 0 Å². The first-order valence-electron chi connectivity index (χ1n) is 8.26. The van der Waals surface area contributed by atoms with E-state index in [9.17, 15) is 9.59 Å². The van der Waals surface area contributed by atoms with Gasteiger partial charge in [-0.25, -0.2) is 4.68 Å². The van der Waals surface area contributed by atoms with Crippen LogP contribution in [0.2, 0.25) is 0 Å². The fourth-order valence-corrected chi connectivity index (χ4v) is 3.15. The number of carboxylic acid groups (broad SMARTS) is 1. The van der Waals surface area contributed by atoms with E-state index in [2.05, 4.69) is 5.10 Å². The minimum absolute atomic E-state index is 0.0224. The van der Waals surface area contributed by atoms with Crippen molar-refractivity contribution in [2.45, 2.75) is 40.2 Å². The van der Waals surface area contributed by atoms with Crippen molar-refractivity contribution in [2.24, 2.45) is 0 Å². The Morgan fingerprint density at radius 1 is 1.16 bits per heavy atom. The van der Waals surface area contributed by atoms with Crippen LogP contribution >= 0.6 is 0 Å². The molecule has 2 aromatic heterocycles. The molecule has 1 N–H and O–H groups in total. The quantitative estimate of drug-likeness (QED) is 0.775. The zero-order chi connectivity index (χ0) is 18.1. The number of hydrogen-bond donors (Lipinski definition) is 1. The molecule has 0 aliphatic heterocycles. The lowest BCUT2D eigenvalue weighted by Gasteiger charge is -2.07. The summed E-state index contributed by atoms with van der Waals surface area (Å²) in [5, 5.41) is 14.6. The highest BCUT2D eigenvalue weighted by Crippen LogP contribution is 2.24. The number of rotatable bonds is 5. The number of carbonyl (C=O) groups is 1. The Balaban J connectivity index is 2.09. The molecule has 3 aromatic rings. The third kappa shape index (κ3) is 3.20. The van der Waals surface area contributed by atoms with Gasteiger partial charge in [-0.3, -0.25) is 9.59 Å². The predicted molar refractivity (Wildman–Crippen MR) is 96.4 cm³/mol. The summed E-state index contributed by atoms with van der Waals surface area (Å²) in [5.41, 5.74) is 3.74. The zero-order valence-corrected chi connectivity index (χ0v) is 14.6. The van der Waals surface area contributed by atoms with Crippen LogP contribution in [-0.4, -0.2) is 25.4 Å². The van der Waals surface area contributed by atoms with E-state index in [0.29, 0.717) is 18.4 Å². The minimum atomic E-state index is -0.868. The minimum Gasteiger partial charge on any atom is -0.481 e. The molecule has 3 rings (SSSR count). The standard InChI is InChI=1S/C19H21N3O3/c1-12-6-8-15(9-7-12)21-11-16-18(14(21)3)13(2)20-22(19(16)25)10-4-5-17(23)24/h6-9,11H,4-5,10H2,1-3H3,(H,23,24). The van der Waals surface area contributed by atoms with E-state index in [0.717, 1.165) is 22.5 Å². The van der Waals surface area contributed by atoms with E-state index in [4.69, 9.17) is 5.11 Å². The van der Waals surface area contributed by atoms with Crippen molar-refractivity contribution in [1.29, 1.82) is 0 Å². The molecule has 0 saturated heterocycles. The van der Waals surface area contributed by atoms with Crippen molar-refractivity contribution in [1.82, 2.24) is 14.3 Å². The maximum atomic E-state index is 12.7. The second kappa shape index (κ2) is 6.55. The number of carboxylic acids is 1. The zero-order valence-electron chi connectivity index (χ0n) is 14.6. The van der Waals surface area contributed by atoms with Crippen molar-refractivity contribution in [2.75, 3.05) is 0 Å². The molecular weight excluding hydrogens is 318 g/mol. The van der Waals surface area contributed by atoms with Crippen LogP contribution in [0.1, 0.15) is 29.8 Å². The number of nitrogens with zero attached hydrogens (tertiary/aromatic N) is 3. The summed E-state index contributed by atoms with van der Waals surface area (Å²) in [6, 6.07) is 8.12. The van der Waals surface area contributed by atoms with Gasteiger partial charge in [0, 0.05) is 35.9 Å². The molecule has 0 unspecified atom stereocenters. The van der Waals surface area contributed by atoms with Crippen LogP contribution in [0.5, 0.6) is 0 Å². The third-order valence-corrected chi connectivity index (χ3v) is 4.42. The fraction of sp³-hybridized carbons (Fsp3) is 0.316. The van der Waals surface area contributed by atoms with Gasteiger partial charge in [-0.15, -0.1) is 0 Å². The first-order chi connectivity index (χ1) is 11.9. The molecule has 1 aromatic carbocycles. The molecule has 2 heterocycles. The van der Waals surface area contributed by atoms with E-state index in [-0.39, 0.29) is 12.0 Å². The van der Waals surface area contributed by atoms with Crippen LogP contribution in [0.15, 0.2) is 35.3 Å². The monoisotopic (exact) mass is 339 g/mol. The number of aliphatic carboxylic acids is 1. The van der Waals surface area contributed by atoms with E-state index in [1.165, 1.54) is 10.2 Å². The van der Waals surface area contributed by atoms with E-state index >= 15 is 0 Å². The van der Waals surface area contributed by atoms with E-state index in [1.807, 2.05) is 55.8 Å². The van der Waals surface area contributed by atoms with Gasteiger partial charge in [-0.1, -0.05) is 17.7 Å². The summed E-state index contributed by atoms with van der Waals surface area (Å²) < 4.78 is 3.38. The van der Waals surface area contributed by atoms with Crippen molar-refractivity contribution < 1.29 is 9.90 Å². The second-order valence-corrected chi connectivity index (χ2v) is 6.32. The maximum absolute atomic E-state index is 12.7. The molecule has 0 fully saturated rings. The highest BCUT2D eigenvalue weighted by Gasteiger charge is 2.15. The maximum Gasteiger partial charge on any atom is 0.303 e. The molecule has 25 heavy (non-hydrogen) atoms. The molecule has 0 saturated carbocycles. The predicted octanol–water partition coefficient (Wildman–Crippen LogP) is 2.98. The second-order valence-electron chi connectivity index (χ2n) is 6.32. The smallest absolute Gasteiger partial charge is 0.303 e. The highest BCUT2D eigenvalue weighted by molar-refractivity contribution is 5.87. The summed E-state index contributed by atoms with van der Waals surface area (Å²) in [5.74, 6) is -0.868. The lowest BCUT2D eigenvalue weighted by atomic mass is 10.2. The van der Waals surface area contributed by atoms with Gasteiger partial charge >= 0.3 is 5.97 Å². The van der Waals surface area contributed by atoms with Gasteiger partial charge < -0.3 is 9.67 Å². The average molecular weight is 339 g/mol. The van der Waals surface area contributed by atoms with Gasteiger partial charge in [0.15, 0.2) is 0 Å². The molecule has 0 amide bonds. The Bertz CT molecular complexity index is 997. The van der Waals surface area contributed by atoms with Gasteiger partial charge in [-0.2, -0.15) is 5.10 Å². The third-order valence-electron chi connectivity index (χ3n) is 4.42. The SMILES string of the molecule is Cc1ccc(-n2cc3c(=O)n(CCCC(=O)O)nc(C)c3c2C)cc1. The van der Waals surface area contributed by atoms with Crippen LogP contribution < -0.4 is 5.56 Å². The van der Waals surface area contributed by atoms with Crippen molar-refractivity contribution in [3.8, 4) is 5.69 Å². The number of hydrogen-bond acceptors (Lipinski definition) is 3. The topological polar surface area (TPSA) is 77.1 Å². The number of aromatic nitrogens is 3. The Morgan fingerprint density at radius 2 is 1.84 bits per heavy atom. The molecule has 0 aliphatic rings. The first kappa shape index (κ1) is 17.0. The summed E-state index contributed by atoms with van der Waals surface area (Å²) in [7, 11) is 0. The van der Waals surface area contributed by atoms with Gasteiger partial charge in [-0.05, 0) is 39.3 Å². The van der Waals surface area contributed by atoms with E-state index < -0.39 is 5.97 Å². The van der Waals surface area contributed by atoms with Gasteiger partial charge in [0.1, 0.15) is 0 Å². The van der Waals surface area contributed by atoms with Crippen LogP contribution in [0.3, 0.4) is 0 Å². The van der Waals surface area contributed by atoms with Crippen LogP contribution in [0.25, 0.3) is 16.5 Å². The van der Waals surface area contributed by atoms with Crippen molar-refractivity contribution >= 4 is 16.7 Å². The van der Waals surface area contributed by atoms with Crippen molar-refractivity contribution in [3.63, 3.8) is 0 Å². The molecule has 0 aliphatic carbocycles. The molecule has 0 atom stereocenters. The molecule has 0 radical (unpaired) electrons. The van der Waals surface area contributed by atoms with Crippen molar-refractivity contribution in [3.05, 3.63) is 57.8 Å². The van der Waals surface area contributed by atoms with Crippen LogP contribution in [-0.2, 0) is 11.3 Å². The van der Waals surface area contributed by atoms with Crippen LogP contribution in [0, 0.1) is 20.8 Å². The Labute approximate surface area is 145 Å². The Morgan fingerprint density at radius 3 is 2.48 bits per heavy atom. The molecule has 6 heteroatoms. The fourth-order valence-electron chi connectivity index (χ4n) is 3.15. The first-order valence-corrected chi connectivity index (χ1v) is 8.26. The summed E-state index contributed by atoms with van der Waals surface area (Å²) in [6.45, 7) is 6.19. The van der Waals surface area contributed by atoms with E-state index in [1.54, 1.807) is 0 Å². The molecule has 6 nitrogen and oxygen atoms in total. The summed E-state index contributed by atoms with van der Waals surface area (Å²) >= 11 is 0. The number of aryl methyl sites for hydroxylation is 4. The summed E-state index contributed by atoms with van der Waals surface area (Å²) in [4.78, 5) is 23.4. The largest absolute Gasteiger partial charge is 0.481 e. The molecule has 0 spiro atoms. The lowest BCUT2D eigenvalue weighted by Crippen LogP contribution is -2.24. The number of benzene rings is 1. The molecule has 130 valence electrons. The molecular formula is C19H21N3O3. The highest BCUT2D eigenvalue weighted by atomic mass is 16.4. The number of fused-ring (bicyclic) bond motifs is 1. The molecule has 0 bridgehead atoms. The van der Waals surface area contributed by atoms with Gasteiger partial charge in [0.2, 0.25) is 0 Å². The summed E-state index contributed by atoms with van der Waals surface area (Å²) in [6.07, 6.45) is 2.25. The Hall–Kier alpha value is -2.89. The lowest BCUT2D eigenvalue weighted by molar-refractivity contribution is -0.137. The normalized spacial score (nSPS) is 11.2.